The van der Waals surface area contributed by atoms with Crippen molar-refractivity contribution in [2.24, 2.45) is 17.3 Å². The Kier molecular flexibility index (Phi) is 4.90. The second kappa shape index (κ2) is 7.54. The van der Waals surface area contributed by atoms with Crippen molar-refractivity contribution in [3.05, 3.63) is 42.1 Å². The molecule has 2 spiro atoms. The van der Waals surface area contributed by atoms with E-state index >= 15 is 0 Å². The van der Waals surface area contributed by atoms with Crippen molar-refractivity contribution in [1.29, 1.82) is 0 Å². The van der Waals surface area contributed by atoms with E-state index in [9.17, 15) is 15.3 Å². The van der Waals surface area contributed by atoms with Crippen LogP contribution >= 0.6 is 0 Å². The number of nitrogens with zero attached hydrogens (tertiary/aromatic N) is 2. The summed E-state index contributed by atoms with van der Waals surface area (Å²) in [6, 6.07) is 8.27. The van der Waals surface area contributed by atoms with E-state index < -0.39 is 29.0 Å². The van der Waals surface area contributed by atoms with Crippen LogP contribution in [0, 0.1) is 17.3 Å². The number of hydrogen-bond acceptors (Lipinski definition) is 7. The molecule has 1 aromatic heterocycles. The van der Waals surface area contributed by atoms with Gasteiger partial charge in [-0.3, -0.25) is 0 Å². The Morgan fingerprint density at radius 3 is 2.62 bits per heavy atom. The lowest BCUT2D eigenvalue weighted by molar-refractivity contribution is -0.331. The first kappa shape index (κ1) is 24.0. The maximum Gasteiger partial charge on any atom is 0.123 e. The zero-order chi connectivity index (χ0) is 26.0. The number of rotatable bonds is 2. The van der Waals surface area contributed by atoms with Gasteiger partial charge in [0.2, 0.25) is 0 Å². The summed E-state index contributed by atoms with van der Waals surface area (Å²) < 4.78 is 7.22. The lowest BCUT2D eigenvalue weighted by Crippen LogP contribution is -2.73. The molecule has 0 radical (unpaired) electrons. The second-order valence-corrected chi connectivity index (χ2v) is 13.1. The van der Waals surface area contributed by atoms with Gasteiger partial charge in [-0.15, -0.1) is 0 Å². The van der Waals surface area contributed by atoms with Gasteiger partial charge in [-0.2, -0.15) is 0 Å². The number of ether oxygens (including phenoxy) is 1. The number of nitrogen functional groups attached to an aromatic ring is 1. The van der Waals surface area contributed by atoms with Crippen LogP contribution in [-0.4, -0.2) is 74.4 Å². The highest BCUT2D eigenvalue weighted by Gasteiger charge is 2.76. The smallest absolute Gasteiger partial charge is 0.123 e. The average molecular weight is 506 g/mol. The lowest BCUT2D eigenvalue weighted by atomic mass is 9.51. The van der Waals surface area contributed by atoms with Crippen molar-refractivity contribution in [3.8, 4) is 0 Å². The van der Waals surface area contributed by atoms with E-state index in [4.69, 9.17) is 10.5 Å². The molecule has 0 amide bonds. The van der Waals surface area contributed by atoms with Crippen molar-refractivity contribution in [3.63, 3.8) is 0 Å². The number of fused-ring (bicyclic) bond motifs is 2. The molecule has 5 N–H and O–H groups in total. The third kappa shape index (κ3) is 2.98. The zero-order valence-electron chi connectivity index (χ0n) is 22.0. The van der Waals surface area contributed by atoms with Gasteiger partial charge in [0.05, 0.1) is 23.4 Å². The standard InChI is InChI=1S/C30H39N3O4/c1-27-8-10-29(36)14-21-25(34)26(35)22(33(2)3)15-28(21)9-11-30(29,37-28)23(27)7-6-20(27)18-5-4-17-13-24(31)32-16-19(17)12-18/h4-6,12-13,16,21-23,25-26,34-36H,7-11,14-15H2,1-3H3,(H2,31,32)/t21?,22-,23?,25+,26+,27+,28+,29?,30-/m0/s1. The minimum Gasteiger partial charge on any atom is -0.390 e. The van der Waals surface area contributed by atoms with Crippen molar-refractivity contribution >= 4 is 22.2 Å². The summed E-state index contributed by atoms with van der Waals surface area (Å²) in [5, 5.41) is 36.7. The molecule has 2 bridgehead atoms. The Labute approximate surface area is 218 Å². The van der Waals surface area contributed by atoms with E-state index in [0.29, 0.717) is 25.1 Å². The van der Waals surface area contributed by atoms with Gasteiger partial charge in [0.15, 0.2) is 0 Å². The molecule has 9 atom stereocenters. The van der Waals surface area contributed by atoms with Crippen LogP contribution in [0.4, 0.5) is 5.82 Å². The summed E-state index contributed by atoms with van der Waals surface area (Å²) >= 11 is 0. The predicted molar refractivity (Wildman–Crippen MR) is 143 cm³/mol. The van der Waals surface area contributed by atoms with Crippen LogP contribution in [0.15, 0.2) is 36.5 Å². The fourth-order valence-corrected chi connectivity index (χ4v) is 9.38. The van der Waals surface area contributed by atoms with E-state index in [0.717, 1.165) is 36.5 Å². The number of benzene rings is 1. The number of nitrogens with two attached hydrogens (primary N) is 1. The van der Waals surface area contributed by atoms with E-state index in [1.165, 1.54) is 11.1 Å². The molecule has 3 heterocycles. The van der Waals surface area contributed by atoms with Crippen LogP contribution in [0.2, 0.25) is 0 Å². The molecule has 4 fully saturated rings. The monoisotopic (exact) mass is 505 g/mol. The van der Waals surface area contributed by atoms with Gasteiger partial charge in [-0.05, 0) is 93.1 Å². The first-order chi connectivity index (χ1) is 17.5. The number of aliphatic hydroxyl groups excluding tert-OH is 2. The summed E-state index contributed by atoms with van der Waals surface area (Å²) in [5.41, 5.74) is 6.18. The molecule has 37 heavy (non-hydrogen) atoms. The highest BCUT2D eigenvalue weighted by atomic mass is 16.6. The molecule has 7 heteroatoms. The Bertz CT molecular complexity index is 1310. The molecule has 2 saturated carbocycles. The second-order valence-electron chi connectivity index (χ2n) is 13.1. The molecular weight excluding hydrogens is 466 g/mol. The van der Waals surface area contributed by atoms with Crippen LogP contribution in [0.5, 0.6) is 0 Å². The highest BCUT2D eigenvalue weighted by molar-refractivity contribution is 5.88. The number of anilines is 1. The summed E-state index contributed by atoms with van der Waals surface area (Å²) in [4.78, 5) is 6.31. The van der Waals surface area contributed by atoms with E-state index in [1.807, 2.05) is 31.3 Å². The molecule has 2 saturated heterocycles. The molecule has 3 unspecified atom stereocenters. The minimum absolute atomic E-state index is 0.118. The fourth-order valence-electron chi connectivity index (χ4n) is 9.38. The molecule has 7 rings (SSSR count). The van der Waals surface area contributed by atoms with Crippen molar-refractivity contribution in [2.45, 2.75) is 86.9 Å². The first-order valence-electron chi connectivity index (χ1n) is 13.8. The van der Waals surface area contributed by atoms with Crippen LogP contribution in [0.3, 0.4) is 0 Å². The van der Waals surface area contributed by atoms with Gasteiger partial charge >= 0.3 is 0 Å². The van der Waals surface area contributed by atoms with Crippen LogP contribution in [0.25, 0.3) is 16.3 Å². The number of hydrogen-bond donors (Lipinski definition) is 4. The maximum atomic E-state index is 12.3. The Hall–Kier alpha value is -2.03. The molecule has 2 aliphatic heterocycles. The largest absolute Gasteiger partial charge is 0.390 e. The first-order valence-corrected chi connectivity index (χ1v) is 13.8. The van der Waals surface area contributed by atoms with Crippen molar-refractivity contribution < 1.29 is 20.1 Å². The van der Waals surface area contributed by atoms with Gasteiger partial charge in [0.25, 0.3) is 0 Å². The maximum absolute atomic E-state index is 12.3. The van der Waals surface area contributed by atoms with Gasteiger partial charge < -0.3 is 30.7 Å². The van der Waals surface area contributed by atoms with Gasteiger partial charge in [0.1, 0.15) is 11.4 Å². The Morgan fingerprint density at radius 1 is 1.03 bits per heavy atom. The van der Waals surface area contributed by atoms with E-state index in [1.54, 1.807) is 0 Å². The Balaban J connectivity index is 1.26. The quantitative estimate of drug-likeness (QED) is 0.496. The van der Waals surface area contributed by atoms with Crippen LogP contribution in [0.1, 0.15) is 57.4 Å². The van der Waals surface area contributed by atoms with Crippen molar-refractivity contribution in [1.82, 2.24) is 9.88 Å². The highest BCUT2D eigenvalue weighted by Crippen LogP contribution is 2.71. The normalized spacial score (nSPS) is 46.5. The third-order valence-corrected chi connectivity index (χ3v) is 11.3. The summed E-state index contributed by atoms with van der Waals surface area (Å²) in [6.45, 7) is 2.36. The number of allylic oxidation sites excluding steroid dienone is 2. The Morgan fingerprint density at radius 2 is 1.84 bits per heavy atom. The van der Waals surface area contributed by atoms with E-state index in [-0.39, 0.29) is 23.3 Å². The molecule has 2 aromatic rings. The van der Waals surface area contributed by atoms with Crippen LogP contribution in [-0.2, 0) is 4.74 Å². The number of likely N-dealkylation sites (N-methyl/N-ethyl adjacent to an activating group) is 1. The average Bonchev–Trinajstić information content (AvgIpc) is 3.39. The van der Waals surface area contributed by atoms with Gasteiger partial charge in [-0.25, -0.2) is 4.98 Å². The summed E-state index contributed by atoms with van der Waals surface area (Å²) in [6.07, 6.45) is 7.65. The molecule has 1 aromatic carbocycles. The fraction of sp³-hybridized carbons (Fsp3) is 0.633. The molecule has 198 valence electrons. The zero-order valence-corrected chi connectivity index (χ0v) is 22.0. The van der Waals surface area contributed by atoms with E-state index in [2.05, 4.69) is 36.2 Å². The molecule has 7 nitrogen and oxygen atoms in total. The van der Waals surface area contributed by atoms with Crippen LogP contribution < -0.4 is 5.73 Å². The topological polar surface area (TPSA) is 112 Å². The molecule has 5 aliphatic rings. The van der Waals surface area contributed by atoms with Gasteiger partial charge in [0, 0.05) is 29.5 Å². The summed E-state index contributed by atoms with van der Waals surface area (Å²) in [7, 11) is 3.92. The SMILES string of the molecule is CN(C)[C@H]1C[C@@]23CC[C@]4(O2)C2CC=C(c5ccc6cc(N)ncc6c5)[C@@]2(C)CCC4(O)CC3[C@@H](O)[C@@H]1O. The number of aliphatic hydroxyl groups is 3. The third-order valence-electron chi connectivity index (χ3n) is 11.3. The number of aromatic nitrogens is 1. The molecule has 3 aliphatic carbocycles. The lowest BCUT2D eigenvalue weighted by Gasteiger charge is -2.65. The van der Waals surface area contributed by atoms with Gasteiger partial charge in [-0.1, -0.05) is 25.1 Å². The predicted octanol–water partition coefficient (Wildman–Crippen LogP) is 3.12. The minimum atomic E-state index is -0.998. The molecular formula is C30H39N3O4. The van der Waals surface area contributed by atoms with Crippen molar-refractivity contribution in [2.75, 3.05) is 19.8 Å². The number of pyridine rings is 1. The summed E-state index contributed by atoms with van der Waals surface area (Å²) in [5.74, 6) is 0.437.